The summed E-state index contributed by atoms with van der Waals surface area (Å²) in [7, 11) is 1.25. The Morgan fingerprint density at radius 1 is 0.333 bits per heavy atom. The maximum atomic E-state index is 2.23. The van der Waals surface area contributed by atoms with Crippen LogP contribution in [0.3, 0.4) is 0 Å². The molecular formula is C28H20KP. The van der Waals surface area contributed by atoms with Crippen LogP contribution in [-0.2, 0) is 0 Å². The van der Waals surface area contributed by atoms with E-state index in [4.69, 9.17) is 0 Å². The molecule has 0 unspecified atom stereocenters. The molecule has 0 atom stereocenters. The van der Waals surface area contributed by atoms with E-state index in [1.165, 1.54) is 52.2 Å². The number of hydrogen-bond donors (Lipinski definition) is 0. The Labute approximate surface area is 222 Å². The van der Waals surface area contributed by atoms with E-state index in [0.29, 0.717) is 0 Å². The molecule has 1 aromatic heterocycles. The van der Waals surface area contributed by atoms with Crippen LogP contribution in [0, 0.1) is 0 Å². The fourth-order valence-corrected chi connectivity index (χ4v) is 5.33. The van der Waals surface area contributed by atoms with Crippen LogP contribution in [0.2, 0.25) is 0 Å². The topological polar surface area (TPSA) is 0 Å². The summed E-state index contributed by atoms with van der Waals surface area (Å²) < 4.78 is 0. The van der Waals surface area contributed by atoms with Crippen LogP contribution in [0.4, 0.5) is 0 Å². The molecule has 5 rings (SSSR count). The van der Waals surface area contributed by atoms with Gasteiger partial charge in [0.15, 0.2) is 0 Å². The summed E-state index contributed by atoms with van der Waals surface area (Å²) in [6.07, 6.45) is 0. The van der Waals surface area contributed by atoms with Crippen molar-refractivity contribution in [3.63, 3.8) is 0 Å². The molecule has 0 aliphatic carbocycles. The van der Waals surface area contributed by atoms with E-state index in [9.17, 15) is 0 Å². The fraction of sp³-hybridized carbons (Fsp3) is 0. The van der Waals surface area contributed by atoms with Gasteiger partial charge in [-0.3, -0.25) is 0 Å². The Morgan fingerprint density at radius 3 is 0.900 bits per heavy atom. The summed E-state index contributed by atoms with van der Waals surface area (Å²) in [5.41, 5.74) is 7.78. The maximum Gasteiger partial charge on any atom is 1.00 e. The first-order chi connectivity index (χ1) is 14.4. The maximum absolute atomic E-state index is 2.23. The second kappa shape index (κ2) is 10.1. The van der Waals surface area contributed by atoms with Crippen molar-refractivity contribution in [1.29, 1.82) is 0 Å². The molecule has 0 nitrogen and oxygen atoms in total. The summed E-state index contributed by atoms with van der Waals surface area (Å²) in [5, 5.41) is 2.74. The van der Waals surface area contributed by atoms with Gasteiger partial charge in [-0.15, -0.1) is 0 Å². The van der Waals surface area contributed by atoms with Gasteiger partial charge in [-0.2, -0.15) is 10.6 Å². The largest absolute Gasteiger partial charge is 1.00 e. The molecule has 0 N–H and O–H groups in total. The number of hydrogen-bond acceptors (Lipinski definition) is 0. The van der Waals surface area contributed by atoms with Crippen molar-refractivity contribution in [2.24, 2.45) is 0 Å². The summed E-state index contributed by atoms with van der Waals surface area (Å²) in [5.74, 6) is 0. The molecule has 0 spiro atoms. The summed E-state index contributed by atoms with van der Waals surface area (Å²) in [6, 6.07) is 43.2. The van der Waals surface area contributed by atoms with Crippen LogP contribution in [0.15, 0.2) is 121 Å². The Balaban J connectivity index is 0.00000218. The van der Waals surface area contributed by atoms with Gasteiger partial charge in [0.25, 0.3) is 0 Å². The molecule has 5 aromatic rings. The van der Waals surface area contributed by atoms with E-state index in [0.717, 1.165) is 0 Å². The van der Waals surface area contributed by atoms with Gasteiger partial charge in [0.1, 0.15) is 0 Å². The van der Waals surface area contributed by atoms with Crippen LogP contribution in [0.1, 0.15) is 0 Å². The molecule has 0 saturated heterocycles. The van der Waals surface area contributed by atoms with Gasteiger partial charge in [-0.1, -0.05) is 121 Å². The number of benzene rings is 4. The quantitative estimate of drug-likeness (QED) is 0.326. The van der Waals surface area contributed by atoms with Crippen molar-refractivity contribution in [1.82, 2.24) is 0 Å². The van der Waals surface area contributed by atoms with E-state index in [1.807, 2.05) is 0 Å². The van der Waals surface area contributed by atoms with E-state index in [1.54, 1.807) is 0 Å². The first kappa shape index (κ1) is 21.5. The molecule has 30 heavy (non-hydrogen) atoms. The molecule has 2 heteroatoms. The van der Waals surface area contributed by atoms with Gasteiger partial charge < -0.3 is 8.19 Å². The van der Waals surface area contributed by atoms with Crippen LogP contribution >= 0.6 is 8.19 Å². The smallest absolute Gasteiger partial charge is 0.513 e. The van der Waals surface area contributed by atoms with Crippen molar-refractivity contribution in [2.45, 2.75) is 0 Å². The van der Waals surface area contributed by atoms with Crippen molar-refractivity contribution >= 4 is 8.19 Å². The van der Waals surface area contributed by atoms with Crippen LogP contribution in [-0.4, -0.2) is 0 Å². The average molecular weight is 427 g/mol. The van der Waals surface area contributed by atoms with Crippen molar-refractivity contribution in [2.75, 3.05) is 0 Å². The Morgan fingerprint density at radius 2 is 0.600 bits per heavy atom. The molecule has 0 radical (unpaired) electrons. The van der Waals surface area contributed by atoms with E-state index in [-0.39, 0.29) is 51.4 Å². The Bertz CT molecular complexity index is 1110. The minimum Gasteiger partial charge on any atom is -0.513 e. The zero-order valence-electron chi connectivity index (χ0n) is 17.0. The normalized spacial score (nSPS) is 10.4. The van der Waals surface area contributed by atoms with Crippen molar-refractivity contribution in [3.05, 3.63) is 121 Å². The number of rotatable bonds is 4. The standard InChI is InChI=1S/C28H20P.K/c1-5-13-21(14-6-1)25-26(22-15-7-2-8-16-22)28(24-19-11-4-12-20-24)29-27(25)23-17-9-3-10-18-23;/h1-20H;/q-1;+1. The van der Waals surface area contributed by atoms with E-state index < -0.39 is 0 Å². The Hall–Kier alpha value is -1.70. The predicted molar refractivity (Wildman–Crippen MR) is 126 cm³/mol. The minimum atomic E-state index is 0. The van der Waals surface area contributed by atoms with E-state index in [2.05, 4.69) is 121 Å². The third kappa shape index (κ3) is 4.34. The molecule has 0 saturated carbocycles. The third-order valence-electron chi connectivity index (χ3n) is 5.17. The predicted octanol–water partition coefficient (Wildman–Crippen LogP) is 5.66. The molecule has 0 amide bonds. The van der Waals surface area contributed by atoms with Gasteiger partial charge in [0, 0.05) is 0 Å². The summed E-state index contributed by atoms with van der Waals surface area (Å²) >= 11 is 0. The van der Waals surface area contributed by atoms with Gasteiger partial charge >= 0.3 is 51.4 Å². The van der Waals surface area contributed by atoms with Crippen molar-refractivity contribution < 1.29 is 51.4 Å². The Kier molecular flexibility index (Phi) is 7.22. The minimum absolute atomic E-state index is 0. The van der Waals surface area contributed by atoms with Gasteiger partial charge in [-0.05, 0) is 33.4 Å². The van der Waals surface area contributed by atoms with Gasteiger partial charge in [-0.25, -0.2) is 0 Å². The van der Waals surface area contributed by atoms with Gasteiger partial charge in [0.05, 0.1) is 0 Å². The van der Waals surface area contributed by atoms with Crippen LogP contribution < -0.4 is 51.4 Å². The second-order valence-electron chi connectivity index (χ2n) is 7.02. The van der Waals surface area contributed by atoms with E-state index >= 15 is 0 Å². The van der Waals surface area contributed by atoms with Crippen LogP contribution in [0.25, 0.3) is 44.0 Å². The molecule has 0 aliphatic rings. The molecule has 1 heterocycles. The SMILES string of the molecule is [K+].c1ccc(-c2[p-]c(-c3ccccc3)c(-c3ccccc3)c2-c2ccccc2)cc1. The molecule has 0 bridgehead atoms. The first-order valence-corrected chi connectivity index (χ1v) is 10.7. The fourth-order valence-electron chi connectivity index (χ4n) is 3.84. The monoisotopic (exact) mass is 426 g/mol. The molecule has 0 aliphatic heterocycles. The molecule has 138 valence electrons. The zero-order valence-corrected chi connectivity index (χ0v) is 21.0. The third-order valence-corrected chi connectivity index (χ3v) is 6.58. The summed E-state index contributed by atoms with van der Waals surface area (Å²) in [4.78, 5) is 0. The van der Waals surface area contributed by atoms with Crippen LogP contribution in [0.5, 0.6) is 0 Å². The first-order valence-electron chi connectivity index (χ1n) is 9.84. The zero-order chi connectivity index (χ0) is 19.5. The van der Waals surface area contributed by atoms with Crippen molar-refractivity contribution in [3.8, 4) is 44.0 Å². The summed E-state index contributed by atoms with van der Waals surface area (Å²) in [6.45, 7) is 0. The average Bonchev–Trinajstić information content (AvgIpc) is 3.22. The molecular weight excluding hydrogens is 406 g/mol. The molecule has 4 aromatic carbocycles. The molecule has 0 fully saturated rings. The van der Waals surface area contributed by atoms with Gasteiger partial charge in [0.2, 0.25) is 0 Å². The second-order valence-corrected chi connectivity index (χ2v) is 8.14.